The molecule has 0 aliphatic rings. The van der Waals surface area contributed by atoms with E-state index >= 15 is 0 Å². The van der Waals surface area contributed by atoms with Gasteiger partial charge in [-0.25, -0.2) is 4.39 Å². The Bertz CT molecular complexity index is 788. The van der Waals surface area contributed by atoms with Gasteiger partial charge in [0.05, 0.1) is 10.6 Å². The number of carbonyl (C=O) groups is 1. The van der Waals surface area contributed by atoms with Crippen LogP contribution in [0.1, 0.15) is 10.4 Å². The maximum Gasteiger partial charge on any atom is 0.307 e. The van der Waals surface area contributed by atoms with Crippen LogP contribution >= 0.6 is 0 Å². The number of aromatic amines is 1. The van der Waals surface area contributed by atoms with E-state index in [4.69, 9.17) is 0 Å². The molecular weight excluding hydrogens is 288 g/mol. The van der Waals surface area contributed by atoms with Crippen LogP contribution in [0.25, 0.3) is 0 Å². The van der Waals surface area contributed by atoms with Crippen LogP contribution < -0.4 is 10.7 Å². The molecule has 0 saturated carbocycles. The highest BCUT2D eigenvalue weighted by molar-refractivity contribution is 6.04. The number of pyridine rings is 1. The molecule has 0 unspecified atom stereocenters. The van der Waals surface area contributed by atoms with Crippen molar-refractivity contribution in [2.24, 2.45) is 0 Å². The molecule has 2 rings (SSSR count). The van der Waals surface area contributed by atoms with Gasteiger partial charge in [-0.3, -0.25) is 19.7 Å². The number of anilines is 1. The number of nitro benzene ring substituents is 1. The van der Waals surface area contributed by atoms with Crippen molar-refractivity contribution >= 4 is 17.3 Å². The van der Waals surface area contributed by atoms with E-state index in [1.165, 1.54) is 6.20 Å². The van der Waals surface area contributed by atoms with Gasteiger partial charge >= 0.3 is 5.69 Å². The minimum atomic E-state index is -1.37. The van der Waals surface area contributed by atoms with E-state index < -0.39 is 39.3 Å². The average molecular weight is 295 g/mol. The van der Waals surface area contributed by atoms with Crippen molar-refractivity contribution < 1.29 is 18.5 Å². The molecule has 9 heteroatoms. The number of nitro groups is 1. The van der Waals surface area contributed by atoms with Gasteiger partial charge in [0.25, 0.3) is 5.91 Å². The van der Waals surface area contributed by atoms with Gasteiger partial charge < -0.3 is 10.3 Å². The first-order valence-electron chi connectivity index (χ1n) is 5.52. The van der Waals surface area contributed by atoms with Crippen molar-refractivity contribution in [1.29, 1.82) is 0 Å². The predicted molar refractivity (Wildman–Crippen MR) is 68.0 cm³/mol. The highest BCUT2D eigenvalue weighted by atomic mass is 19.1. The normalized spacial score (nSPS) is 10.2. The molecule has 0 spiro atoms. The first kappa shape index (κ1) is 14.3. The van der Waals surface area contributed by atoms with Crippen LogP contribution in [0.15, 0.2) is 35.4 Å². The van der Waals surface area contributed by atoms with Gasteiger partial charge in [-0.2, -0.15) is 4.39 Å². The first-order valence-corrected chi connectivity index (χ1v) is 5.52. The molecular formula is C12H7F2N3O4. The minimum Gasteiger partial charge on any atom is -0.367 e. The standard InChI is InChI=1S/C12H7F2N3O4/c13-7-3-8(14)10(17(20)21)4-9(7)16-12(19)6-5-15-2-1-11(6)18/h1-5H,(H,15,18)(H,16,19). The lowest BCUT2D eigenvalue weighted by Gasteiger charge is -2.06. The highest BCUT2D eigenvalue weighted by Gasteiger charge is 2.20. The number of halogens is 2. The van der Waals surface area contributed by atoms with E-state index in [-0.39, 0.29) is 11.6 Å². The second kappa shape index (κ2) is 5.49. The summed E-state index contributed by atoms with van der Waals surface area (Å²) in [6.07, 6.45) is 2.38. The number of H-pyrrole nitrogens is 1. The molecule has 0 fully saturated rings. The molecule has 7 nitrogen and oxygen atoms in total. The SMILES string of the molecule is O=C(Nc1cc([N+](=O)[O-])c(F)cc1F)c1c[nH]ccc1=O. The summed E-state index contributed by atoms with van der Waals surface area (Å²) in [6, 6.07) is 1.90. The number of rotatable bonds is 3. The molecule has 0 aliphatic heterocycles. The smallest absolute Gasteiger partial charge is 0.307 e. The van der Waals surface area contributed by atoms with Crippen molar-refractivity contribution in [2.75, 3.05) is 5.32 Å². The minimum absolute atomic E-state index is 0.281. The number of amides is 1. The van der Waals surface area contributed by atoms with Crippen LogP contribution in [0.3, 0.4) is 0 Å². The average Bonchev–Trinajstić information content (AvgIpc) is 2.41. The number of hydrogen-bond acceptors (Lipinski definition) is 4. The van der Waals surface area contributed by atoms with E-state index in [0.29, 0.717) is 6.07 Å². The van der Waals surface area contributed by atoms with Crippen molar-refractivity contribution in [3.05, 3.63) is 68.1 Å². The Hall–Kier alpha value is -3.10. The van der Waals surface area contributed by atoms with Crippen LogP contribution in [-0.4, -0.2) is 15.8 Å². The van der Waals surface area contributed by atoms with Gasteiger partial charge in [0.15, 0.2) is 5.43 Å². The van der Waals surface area contributed by atoms with Gasteiger partial charge in [0.2, 0.25) is 5.82 Å². The lowest BCUT2D eigenvalue weighted by Crippen LogP contribution is -2.21. The van der Waals surface area contributed by atoms with Gasteiger partial charge in [0, 0.05) is 30.6 Å². The fraction of sp³-hybridized carbons (Fsp3) is 0. The number of carbonyl (C=O) groups excluding carboxylic acids is 1. The van der Waals surface area contributed by atoms with Crippen molar-refractivity contribution in [2.45, 2.75) is 0 Å². The Kier molecular flexibility index (Phi) is 3.74. The molecule has 0 radical (unpaired) electrons. The summed E-state index contributed by atoms with van der Waals surface area (Å²) in [7, 11) is 0. The van der Waals surface area contributed by atoms with E-state index in [0.717, 1.165) is 12.3 Å². The zero-order valence-electron chi connectivity index (χ0n) is 10.2. The molecule has 1 aromatic carbocycles. The molecule has 0 bridgehead atoms. The molecule has 2 N–H and O–H groups in total. The molecule has 108 valence electrons. The zero-order valence-corrected chi connectivity index (χ0v) is 10.2. The third kappa shape index (κ3) is 2.91. The van der Waals surface area contributed by atoms with E-state index in [9.17, 15) is 28.5 Å². The van der Waals surface area contributed by atoms with Crippen LogP contribution in [-0.2, 0) is 0 Å². The van der Waals surface area contributed by atoms with Gasteiger partial charge in [-0.15, -0.1) is 0 Å². The van der Waals surface area contributed by atoms with Gasteiger partial charge in [0.1, 0.15) is 11.4 Å². The molecule has 1 aromatic heterocycles. The number of nitrogens with one attached hydrogen (secondary N) is 2. The molecule has 1 heterocycles. The summed E-state index contributed by atoms with van der Waals surface area (Å²) in [4.78, 5) is 35.2. The number of benzene rings is 1. The largest absolute Gasteiger partial charge is 0.367 e. The second-order valence-corrected chi connectivity index (χ2v) is 3.92. The Morgan fingerprint density at radius 1 is 1.29 bits per heavy atom. The lowest BCUT2D eigenvalue weighted by molar-refractivity contribution is -0.387. The molecule has 0 aliphatic carbocycles. The Labute approximate surface area is 115 Å². The third-order valence-corrected chi connectivity index (χ3v) is 2.55. The summed E-state index contributed by atoms with van der Waals surface area (Å²) in [6.45, 7) is 0. The molecule has 2 aromatic rings. The van der Waals surface area contributed by atoms with Gasteiger partial charge in [-0.05, 0) is 0 Å². The van der Waals surface area contributed by atoms with E-state index in [1.807, 2.05) is 5.32 Å². The Morgan fingerprint density at radius 2 is 2.00 bits per heavy atom. The summed E-state index contributed by atoms with van der Waals surface area (Å²) in [5, 5.41) is 12.6. The maximum absolute atomic E-state index is 13.5. The fourth-order valence-electron chi connectivity index (χ4n) is 1.56. The lowest BCUT2D eigenvalue weighted by atomic mass is 10.2. The molecule has 21 heavy (non-hydrogen) atoms. The van der Waals surface area contributed by atoms with Crippen molar-refractivity contribution in [1.82, 2.24) is 4.98 Å². The number of hydrogen-bond donors (Lipinski definition) is 2. The van der Waals surface area contributed by atoms with Crippen LogP contribution in [0.5, 0.6) is 0 Å². The third-order valence-electron chi connectivity index (χ3n) is 2.55. The summed E-state index contributed by atoms with van der Waals surface area (Å²) < 4.78 is 26.7. The first-order chi connectivity index (χ1) is 9.90. The summed E-state index contributed by atoms with van der Waals surface area (Å²) >= 11 is 0. The zero-order chi connectivity index (χ0) is 15.6. The Balaban J connectivity index is 2.38. The van der Waals surface area contributed by atoms with Crippen LogP contribution in [0.2, 0.25) is 0 Å². The maximum atomic E-state index is 13.5. The summed E-state index contributed by atoms with van der Waals surface area (Å²) in [5.41, 5.74) is -2.53. The number of nitrogens with zero attached hydrogens (tertiary/aromatic N) is 1. The van der Waals surface area contributed by atoms with Crippen molar-refractivity contribution in [3.8, 4) is 0 Å². The van der Waals surface area contributed by atoms with Crippen LogP contribution in [0.4, 0.5) is 20.2 Å². The van der Waals surface area contributed by atoms with Crippen LogP contribution in [0, 0.1) is 21.7 Å². The monoisotopic (exact) mass is 295 g/mol. The number of aromatic nitrogens is 1. The molecule has 0 saturated heterocycles. The fourth-order valence-corrected chi connectivity index (χ4v) is 1.56. The van der Waals surface area contributed by atoms with Crippen molar-refractivity contribution in [3.63, 3.8) is 0 Å². The quantitative estimate of drug-likeness (QED) is 0.665. The van der Waals surface area contributed by atoms with E-state index in [1.54, 1.807) is 0 Å². The molecule has 1 amide bonds. The van der Waals surface area contributed by atoms with Gasteiger partial charge in [-0.1, -0.05) is 0 Å². The topological polar surface area (TPSA) is 105 Å². The summed E-state index contributed by atoms with van der Waals surface area (Å²) in [5.74, 6) is -3.54. The Morgan fingerprint density at radius 3 is 2.62 bits per heavy atom. The van der Waals surface area contributed by atoms with E-state index in [2.05, 4.69) is 4.98 Å². The predicted octanol–water partition coefficient (Wildman–Crippen LogP) is 1.81. The molecule has 0 atom stereocenters. The highest BCUT2D eigenvalue weighted by Crippen LogP contribution is 2.25. The second-order valence-electron chi connectivity index (χ2n) is 3.92.